The van der Waals surface area contributed by atoms with Crippen LogP contribution in [0.15, 0.2) is 29.4 Å². The van der Waals surface area contributed by atoms with E-state index < -0.39 is 18.1 Å². The molecule has 0 fully saturated rings. The Kier molecular flexibility index (Phi) is 3.83. The molecule has 106 valence electrons. The number of hydrazone groups is 1. The van der Waals surface area contributed by atoms with Crippen molar-refractivity contribution < 1.29 is 14.0 Å². The summed E-state index contributed by atoms with van der Waals surface area (Å²) < 4.78 is 13.9. The van der Waals surface area contributed by atoms with E-state index >= 15 is 0 Å². The molecule has 2 rings (SSSR count). The third kappa shape index (κ3) is 2.54. The van der Waals surface area contributed by atoms with Crippen molar-refractivity contribution in [1.82, 2.24) is 5.01 Å². The Bertz CT molecular complexity index is 586. The van der Waals surface area contributed by atoms with Crippen LogP contribution < -0.4 is 5.32 Å². The average molecular weight is 277 g/mol. The van der Waals surface area contributed by atoms with Crippen molar-refractivity contribution in [3.05, 3.63) is 29.8 Å². The minimum absolute atomic E-state index is 0.161. The molecule has 0 bridgehead atoms. The van der Waals surface area contributed by atoms with E-state index in [-0.39, 0.29) is 5.78 Å². The monoisotopic (exact) mass is 277 g/mol. The molecule has 5 nitrogen and oxygen atoms in total. The molecule has 0 aromatic heterocycles. The number of para-hydroxylation sites is 1. The van der Waals surface area contributed by atoms with E-state index in [1.165, 1.54) is 14.0 Å². The molecule has 0 saturated carbocycles. The molecule has 20 heavy (non-hydrogen) atoms. The first-order valence-corrected chi connectivity index (χ1v) is 6.24. The van der Waals surface area contributed by atoms with E-state index in [0.717, 1.165) is 5.01 Å². The second-order valence-electron chi connectivity index (χ2n) is 4.76. The van der Waals surface area contributed by atoms with E-state index in [0.29, 0.717) is 17.0 Å². The van der Waals surface area contributed by atoms with Crippen LogP contribution in [0, 0.1) is 5.92 Å². The van der Waals surface area contributed by atoms with Crippen molar-refractivity contribution >= 4 is 23.1 Å². The molecule has 2 atom stereocenters. The lowest BCUT2D eigenvalue weighted by Crippen LogP contribution is -2.36. The van der Waals surface area contributed by atoms with Crippen molar-refractivity contribution in [2.75, 3.05) is 12.4 Å². The summed E-state index contributed by atoms with van der Waals surface area (Å²) in [5, 5.41) is 7.65. The van der Waals surface area contributed by atoms with E-state index in [2.05, 4.69) is 10.4 Å². The van der Waals surface area contributed by atoms with Gasteiger partial charge in [-0.1, -0.05) is 12.1 Å². The third-order valence-electron chi connectivity index (χ3n) is 3.24. The van der Waals surface area contributed by atoms with E-state index in [1.807, 2.05) is 0 Å². The number of anilines is 1. The number of hydrogen-bond acceptors (Lipinski definition) is 4. The summed E-state index contributed by atoms with van der Waals surface area (Å²) in [5.41, 5.74) is 1.20. The fraction of sp³-hybridized carbons (Fsp3) is 0.357. The zero-order valence-electron chi connectivity index (χ0n) is 11.6. The first-order chi connectivity index (χ1) is 9.41. The molecule has 1 aromatic rings. The van der Waals surface area contributed by atoms with Crippen LogP contribution in [0.4, 0.5) is 10.1 Å². The molecule has 0 radical (unpaired) electrons. The smallest absolute Gasteiger partial charge is 0.238 e. The Morgan fingerprint density at radius 2 is 2.00 bits per heavy atom. The van der Waals surface area contributed by atoms with Gasteiger partial charge >= 0.3 is 0 Å². The molecule has 1 N–H and O–H groups in total. The molecule has 1 aromatic carbocycles. The predicted molar refractivity (Wildman–Crippen MR) is 74.3 cm³/mol. The summed E-state index contributed by atoms with van der Waals surface area (Å²) in [4.78, 5) is 23.7. The van der Waals surface area contributed by atoms with Crippen LogP contribution in [0.25, 0.3) is 0 Å². The van der Waals surface area contributed by atoms with Crippen molar-refractivity contribution in [1.29, 1.82) is 0 Å². The number of halogens is 1. The van der Waals surface area contributed by atoms with Crippen LogP contribution in [-0.4, -0.2) is 35.8 Å². The van der Waals surface area contributed by atoms with Gasteiger partial charge in [0.15, 0.2) is 5.78 Å². The zero-order chi connectivity index (χ0) is 14.9. The van der Waals surface area contributed by atoms with Gasteiger partial charge in [0.1, 0.15) is 5.92 Å². The number of amides is 1. The quantitative estimate of drug-likeness (QED) is 0.679. The maximum Gasteiger partial charge on any atom is 0.238 e. The van der Waals surface area contributed by atoms with Crippen LogP contribution in [0.2, 0.25) is 0 Å². The summed E-state index contributed by atoms with van der Waals surface area (Å²) in [5.74, 6) is -1.62. The topological polar surface area (TPSA) is 61.8 Å². The van der Waals surface area contributed by atoms with Crippen molar-refractivity contribution in [3.8, 4) is 0 Å². The zero-order valence-corrected chi connectivity index (χ0v) is 11.6. The molecule has 1 aliphatic rings. The lowest BCUT2D eigenvalue weighted by atomic mass is 10.0. The highest BCUT2D eigenvalue weighted by molar-refractivity contribution is 6.11. The summed E-state index contributed by atoms with van der Waals surface area (Å²) in [7, 11) is 1.48. The van der Waals surface area contributed by atoms with Gasteiger partial charge in [-0.3, -0.25) is 14.6 Å². The van der Waals surface area contributed by atoms with Crippen LogP contribution in [0.1, 0.15) is 24.2 Å². The maximum atomic E-state index is 13.9. The fourth-order valence-electron chi connectivity index (χ4n) is 2.21. The van der Waals surface area contributed by atoms with Gasteiger partial charge in [0, 0.05) is 12.6 Å². The van der Waals surface area contributed by atoms with Crippen molar-refractivity contribution in [3.63, 3.8) is 0 Å². The van der Waals surface area contributed by atoms with Crippen LogP contribution in [-0.2, 0) is 4.79 Å². The minimum Gasteiger partial charge on any atom is -0.325 e. The fourth-order valence-corrected chi connectivity index (χ4v) is 2.21. The molecular formula is C14H16FN3O2. The van der Waals surface area contributed by atoms with Gasteiger partial charge in [-0.15, -0.1) is 0 Å². The molecule has 6 heteroatoms. The van der Waals surface area contributed by atoms with Crippen LogP contribution in [0.3, 0.4) is 0 Å². The van der Waals surface area contributed by atoms with E-state index in [9.17, 15) is 14.0 Å². The highest BCUT2D eigenvalue weighted by Gasteiger charge is 2.39. The maximum absolute atomic E-state index is 13.9. The highest BCUT2D eigenvalue weighted by atomic mass is 19.1. The van der Waals surface area contributed by atoms with E-state index in [1.54, 1.807) is 31.2 Å². The highest BCUT2D eigenvalue weighted by Crippen LogP contribution is 2.24. The number of carbonyl (C=O) groups excluding carboxylic acids is 2. The van der Waals surface area contributed by atoms with Crippen molar-refractivity contribution in [2.45, 2.75) is 20.1 Å². The van der Waals surface area contributed by atoms with Crippen molar-refractivity contribution in [2.24, 2.45) is 11.0 Å². The second kappa shape index (κ2) is 5.40. The second-order valence-corrected chi connectivity index (χ2v) is 4.76. The standard InChI is InChI=1S/C14H16FN3O2/c1-8-12(13(15)18(3)17-8)14(20)16-11-7-5-4-6-10(11)9(2)19/h4-7,12-13H,1-3H3,(H,16,20). The summed E-state index contributed by atoms with van der Waals surface area (Å²) in [6.07, 6.45) is -1.49. The number of nitrogens with zero attached hydrogens (tertiary/aromatic N) is 2. The number of rotatable bonds is 3. The Hall–Kier alpha value is -2.24. The van der Waals surface area contributed by atoms with Gasteiger partial charge in [-0.25, -0.2) is 4.39 Å². The van der Waals surface area contributed by atoms with Gasteiger partial charge in [-0.05, 0) is 26.0 Å². The Morgan fingerprint density at radius 3 is 2.55 bits per heavy atom. The molecule has 1 aliphatic heterocycles. The summed E-state index contributed by atoms with van der Waals surface area (Å²) in [6, 6.07) is 6.65. The Labute approximate surface area is 116 Å². The number of benzene rings is 1. The Morgan fingerprint density at radius 1 is 1.35 bits per heavy atom. The molecule has 1 amide bonds. The van der Waals surface area contributed by atoms with E-state index in [4.69, 9.17) is 0 Å². The molecule has 0 spiro atoms. The lowest BCUT2D eigenvalue weighted by Gasteiger charge is -2.17. The van der Waals surface area contributed by atoms with Gasteiger partial charge in [0.25, 0.3) is 0 Å². The van der Waals surface area contributed by atoms with Crippen LogP contribution in [0.5, 0.6) is 0 Å². The molecule has 0 saturated heterocycles. The molecule has 2 unspecified atom stereocenters. The summed E-state index contributed by atoms with van der Waals surface area (Å²) in [6.45, 7) is 3.02. The average Bonchev–Trinajstić information content (AvgIpc) is 2.63. The van der Waals surface area contributed by atoms with Gasteiger partial charge in [-0.2, -0.15) is 5.10 Å². The van der Waals surface area contributed by atoms with Gasteiger partial charge < -0.3 is 5.32 Å². The molecule has 0 aliphatic carbocycles. The number of alkyl halides is 1. The number of Topliss-reactive ketones (excluding diaryl/α,β-unsaturated/α-hetero) is 1. The first kappa shape index (κ1) is 14.2. The first-order valence-electron chi connectivity index (χ1n) is 6.24. The third-order valence-corrected chi connectivity index (χ3v) is 3.24. The minimum atomic E-state index is -1.49. The number of ketones is 1. The molecular weight excluding hydrogens is 261 g/mol. The van der Waals surface area contributed by atoms with Crippen LogP contribution >= 0.6 is 0 Å². The predicted octanol–water partition coefficient (Wildman–Crippen LogP) is 2.06. The normalized spacial score (nSPS) is 21.6. The SMILES string of the molecule is CC(=O)c1ccccc1NC(=O)C1C(C)=NN(C)C1F. The van der Waals surface area contributed by atoms with Gasteiger partial charge in [0.2, 0.25) is 12.2 Å². The largest absolute Gasteiger partial charge is 0.325 e. The number of carbonyl (C=O) groups is 2. The Balaban J connectivity index is 2.21. The number of nitrogens with one attached hydrogen (secondary N) is 1. The lowest BCUT2D eigenvalue weighted by molar-refractivity contribution is -0.120. The molecule has 1 heterocycles. The summed E-state index contributed by atoms with van der Waals surface area (Å²) >= 11 is 0. The number of hydrogen-bond donors (Lipinski definition) is 1. The van der Waals surface area contributed by atoms with Gasteiger partial charge in [0.05, 0.1) is 11.4 Å².